The van der Waals surface area contributed by atoms with Gasteiger partial charge in [-0.25, -0.2) is 0 Å². The molecule has 0 rings (SSSR count). The van der Waals surface area contributed by atoms with E-state index < -0.39 is 0 Å². The highest BCUT2D eigenvalue weighted by molar-refractivity contribution is 9.14. The maximum absolute atomic E-state index is 5.50. The zero-order valence-corrected chi connectivity index (χ0v) is 15.3. The van der Waals surface area contributed by atoms with Crippen LogP contribution in [0.1, 0.15) is 39.0 Å². The van der Waals surface area contributed by atoms with Gasteiger partial charge in [-0.2, -0.15) is 0 Å². The van der Waals surface area contributed by atoms with Gasteiger partial charge in [0.05, 0.1) is 0 Å². The average molecular weight is 470 g/mol. The Morgan fingerprint density at radius 2 is 1.40 bits per heavy atom. The molecular formula is C11H18Br4. The minimum absolute atomic E-state index is 0.431. The average Bonchev–Trinajstić information content (AvgIpc) is 2.24. The lowest BCUT2D eigenvalue weighted by Gasteiger charge is -2.25. The van der Waals surface area contributed by atoms with Gasteiger partial charge in [-0.15, -0.1) is 0 Å². The Morgan fingerprint density at radius 1 is 0.933 bits per heavy atom. The number of alkyl halides is 4. The van der Waals surface area contributed by atoms with Gasteiger partial charge in [0.2, 0.25) is 0 Å². The fraction of sp³-hybridized carbons (Fsp3) is 0.909. The first-order valence-electron chi connectivity index (χ1n) is 5.30. The van der Waals surface area contributed by atoms with Crippen LogP contribution in [0.3, 0.4) is 0 Å². The Bertz CT molecular complexity index is 152. The van der Waals surface area contributed by atoms with Gasteiger partial charge >= 0.3 is 0 Å². The van der Waals surface area contributed by atoms with E-state index in [1.54, 1.807) is 0 Å². The predicted octanol–water partition coefficient (Wildman–Crippen LogP) is 5.72. The molecule has 0 saturated carbocycles. The quantitative estimate of drug-likeness (QED) is 0.399. The first-order valence-corrected chi connectivity index (χ1v) is 8.97. The van der Waals surface area contributed by atoms with E-state index in [4.69, 9.17) is 6.92 Å². The summed E-state index contributed by atoms with van der Waals surface area (Å²) in [6.07, 6.45) is 5.34. The summed E-state index contributed by atoms with van der Waals surface area (Å²) in [5, 5.41) is 0. The highest BCUT2D eigenvalue weighted by Crippen LogP contribution is 2.32. The number of hydrogen-bond acceptors (Lipinski definition) is 0. The van der Waals surface area contributed by atoms with Crippen molar-refractivity contribution in [1.82, 2.24) is 0 Å². The summed E-state index contributed by atoms with van der Waals surface area (Å²) in [5.41, 5.74) is 0. The van der Waals surface area contributed by atoms with Crippen LogP contribution in [-0.2, 0) is 0 Å². The van der Waals surface area contributed by atoms with Crippen LogP contribution in [0.5, 0.6) is 0 Å². The molecule has 4 heteroatoms. The lowest BCUT2D eigenvalue weighted by atomic mass is 10.1. The maximum Gasteiger partial charge on any atom is 0.0407 e. The number of rotatable bonds is 8. The van der Waals surface area contributed by atoms with Crippen molar-refractivity contribution in [3.05, 3.63) is 6.92 Å². The normalized spacial score (nSPS) is 19.6. The molecule has 0 N–H and O–H groups in total. The van der Waals surface area contributed by atoms with Crippen molar-refractivity contribution in [2.75, 3.05) is 0 Å². The Balaban J connectivity index is 3.99. The van der Waals surface area contributed by atoms with Crippen LogP contribution < -0.4 is 0 Å². The Kier molecular flexibility index (Phi) is 11.2. The third-order valence-corrected chi connectivity index (χ3v) is 8.84. The van der Waals surface area contributed by atoms with Crippen molar-refractivity contribution in [2.24, 2.45) is 0 Å². The standard InChI is InChI=1S/C11H18Br4/c1-3-5-7-9(13)11(15)10(14)8(12)6-4-2/h1,8-11H,3-7H2,2H3. The SMILES string of the molecule is [CH]CCCC(Br)C(Br)C(Br)C(Br)CCC. The van der Waals surface area contributed by atoms with Gasteiger partial charge in [0.15, 0.2) is 0 Å². The van der Waals surface area contributed by atoms with Crippen molar-refractivity contribution in [3.63, 3.8) is 0 Å². The molecule has 2 radical (unpaired) electrons. The van der Waals surface area contributed by atoms with E-state index in [2.05, 4.69) is 70.6 Å². The largest absolute Gasteiger partial charge is 0.0878 e. The van der Waals surface area contributed by atoms with Gasteiger partial charge in [0.1, 0.15) is 0 Å². The highest BCUT2D eigenvalue weighted by Gasteiger charge is 2.27. The Hall–Kier alpha value is 1.92. The van der Waals surface area contributed by atoms with Gasteiger partial charge in [0.25, 0.3) is 0 Å². The van der Waals surface area contributed by atoms with E-state index in [0.717, 1.165) is 19.3 Å². The first kappa shape index (κ1) is 16.9. The second kappa shape index (κ2) is 9.90. The lowest BCUT2D eigenvalue weighted by molar-refractivity contribution is 0.640. The minimum Gasteiger partial charge on any atom is -0.0878 e. The monoisotopic (exact) mass is 466 g/mol. The molecule has 0 fully saturated rings. The molecule has 0 saturated heterocycles. The molecule has 4 unspecified atom stereocenters. The van der Waals surface area contributed by atoms with Crippen molar-refractivity contribution in [2.45, 2.75) is 58.3 Å². The zero-order chi connectivity index (χ0) is 11.8. The van der Waals surface area contributed by atoms with Crippen LogP contribution in [0.25, 0.3) is 0 Å². The van der Waals surface area contributed by atoms with E-state index in [1.807, 2.05) is 0 Å². The second-order valence-electron chi connectivity index (χ2n) is 3.64. The molecule has 0 spiro atoms. The molecule has 0 aromatic heterocycles. The summed E-state index contributed by atoms with van der Waals surface area (Å²) in [6.45, 7) is 7.71. The van der Waals surface area contributed by atoms with Gasteiger partial charge < -0.3 is 0 Å². The van der Waals surface area contributed by atoms with Gasteiger partial charge in [-0.05, 0) is 26.2 Å². The summed E-state index contributed by atoms with van der Waals surface area (Å²) >= 11 is 14.9. The number of unbranched alkanes of at least 4 members (excludes halogenated alkanes) is 1. The molecule has 0 heterocycles. The van der Waals surface area contributed by atoms with Gasteiger partial charge in [-0.1, -0.05) is 83.5 Å². The third-order valence-electron chi connectivity index (χ3n) is 2.24. The molecule has 0 bridgehead atoms. The van der Waals surface area contributed by atoms with Crippen molar-refractivity contribution in [3.8, 4) is 0 Å². The summed E-state index contributed by atoms with van der Waals surface area (Å²) in [5.74, 6) is 0. The molecule has 15 heavy (non-hydrogen) atoms. The van der Waals surface area contributed by atoms with Crippen molar-refractivity contribution < 1.29 is 0 Å². The smallest absolute Gasteiger partial charge is 0.0407 e. The van der Waals surface area contributed by atoms with Crippen molar-refractivity contribution >= 4 is 63.7 Å². The molecule has 90 valence electrons. The molecular weight excluding hydrogens is 452 g/mol. The summed E-state index contributed by atoms with van der Waals surface area (Å²) < 4.78 is 0. The second-order valence-corrected chi connectivity index (χ2v) is 8.11. The number of hydrogen-bond donors (Lipinski definition) is 0. The van der Waals surface area contributed by atoms with Crippen LogP contribution in [0.4, 0.5) is 0 Å². The Morgan fingerprint density at radius 3 is 1.80 bits per heavy atom. The molecule has 0 nitrogen and oxygen atoms in total. The molecule has 0 aromatic rings. The number of halogens is 4. The fourth-order valence-corrected chi connectivity index (χ4v) is 4.83. The predicted molar refractivity (Wildman–Crippen MR) is 83.9 cm³/mol. The van der Waals surface area contributed by atoms with Gasteiger partial charge in [-0.3, -0.25) is 0 Å². The summed E-state index contributed by atoms with van der Waals surface area (Å²) in [7, 11) is 0. The molecule has 0 aliphatic heterocycles. The zero-order valence-electron chi connectivity index (χ0n) is 8.93. The first-order chi connectivity index (χ1) is 7.04. The van der Waals surface area contributed by atoms with Gasteiger partial charge in [0, 0.05) is 19.3 Å². The lowest BCUT2D eigenvalue weighted by Crippen LogP contribution is -2.31. The summed E-state index contributed by atoms with van der Waals surface area (Å²) in [6, 6.07) is 0. The van der Waals surface area contributed by atoms with E-state index in [1.165, 1.54) is 12.8 Å². The molecule has 0 aliphatic rings. The molecule has 0 amide bonds. The highest BCUT2D eigenvalue weighted by atomic mass is 79.9. The van der Waals surface area contributed by atoms with Crippen LogP contribution in [-0.4, -0.2) is 19.3 Å². The van der Waals surface area contributed by atoms with E-state index >= 15 is 0 Å². The fourth-order valence-electron chi connectivity index (χ4n) is 1.31. The molecule has 0 aliphatic carbocycles. The summed E-state index contributed by atoms with van der Waals surface area (Å²) in [4.78, 5) is 1.87. The van der Waals surface area contributed by atoms with Crippen LogP contribution in [0.15, 0.2) is 0 Å². The van der Waals surface area contributed by atoms with Crippen LogP contribution >= 0.6 is 63.7 Å². The molecule has 0 aromatic carbocycles. The van der Waals surface area contributed by atoms with E-state index in [0.29, 0.717) is 19.3 Å². The topological polar surface area (TPSA) is 0 Å². The third kappa shape index (κ3) is 7.05. The van der Waals surface area contributed by atoms with Crippen LogP contribution in [0, 0.1) is 6.92 Å². The molecule has 4 atom stereocenters. The van der Waals surface area contributed by atoms with E-state index in [9.17, 15) is 0 Å². The van der Waals surface area contributed by atoms with Crippen molar-refractivity contribution in [1.29, 1.82) is 0 Å². The van der Waals surface area contributed by atoms with Crippen LogP contribution in [0.2, 0.25) is 0 Å². The maximum atomic E-state index is 5.50. The van der Waals surface area contributed by atoms with E-state index in [-0.39, 0.29) is 0 Å². The Labute approximate surface area is 128 Å². The minimum atomic E-state index is 0.431.